The summed E-state index contributed by atoms with van der Waals surface area (Å²) in [5.41, 5.74) is 3.44. The molecule has 0 spiro atoms. The Morgan fingerprint density at radius 3 is 2.79 bits per heavy atom. The molecular formula is C28H32N2O3. The number of para-hydroxylation sites is 1. The van der Waals surface area contributed by atoms with Gasteiger partial charge in [0, 0.05) is 42.8 Å². The molecule has 3 aliphatic rings. The Kier molecular flexibility index (Phi) is 6.34. The smallest absolute Gasteiger partial charge is 0.188 e. The number of ether oxygens (including phenoxy) is 3. The van der Waals surface area contributed by atoms with Gasteiger partial charge in [0.25, 0.3) is 0 Å². The number of hydrogen-bond acceptors (Lipinski definition) is 5. The van der Waals surface area contributed by atoms with E-state index in [4.69, 9.17) is 14.2 Å². The van der Waals surface area contributed by atoms with Crippen LogP contribution in [0, 0.1) is 11.8 Å². The molecule has 0 radical (unpaired) electrons. The molecule has 5 atom stereocenters. The van der Waals surface area contributed by atoms with E-state index >= 15 is 0 Å². The molecule has 5 heteroatoms. The molecule has 3 saturated heterocycles. The summed E-state index contributed by atoms with van der Waals surface area (Å²) in [7, 11) is 3.37. The first-order valence-electron chi connectivity index (χ1n) is 11.7. The number of piperidine rings is 3. The Hall–Kier alpha value is -2.89. The van der Waals surface area contributed by atoms with Crippen LogP contribution in [0.5, 0.6) is 11.5 Å². The maximum Gasteiger partial charge on any atom is 0.188 e. The Morgan fingerprint density at radius 2 is 2.03 bits per heavy atom. The summed E-state index contributed by atoms with van der Waals surface area (Å²) in [4.78, 5) is 7.31. The van der Waals surface area contributed by atoms with Crippen molar-refractivity contribution < 1.29 is 14.2 Å². The lowest BCUT2D eigenvalue weighted by Crippen LogP contribution is -2.55. The first-order valence-corrected chi connectivity index (χ1v) is 11.7. The van der Waals surface area contributed by atoms with Crippen LogP contribution in [0.15, 0.2) is 67.4 Å². The summed E-state index contributed by atoms with van der Waals surface area (Å²) in [5.74, 6) is 3.11. The third-order valence-corrected chi connectivity index (χ3v) is 7.44. The molecule has 2 aromatic carbocycles. The van der Waals surface area contributed by atoms with Crippen molar-refractivity contribution in [3.63, 3.8) is 0 Å². The van der Waals surface area contributed by atoms with Crippen LogP contribution in [0.4, 0.5) is 0 Å². The maximum absolute atomic E-state index is 6.06. The zero-order chi connectivity index (χ0) is 22.8. The average Bonchev–Trinajstić information content (AvgIpc) is 2.88. The monoisotopic (exact) mass is 444 g/mol. The van der Waals surface area contributed by atoms with Gasteiger partial charge in [0.1, 0.15) is 11.5 Å². The number of hydrogen-bond donors (Lipinski definition) is 0. The van der Waals surface area contributed by atoms with Gasteiger partial charge in [0.15, 0.2) is 6.79 Å². The van der Waals surface area contributed by atoms with E-state index in [0.717, 1.165) is 41.9 Å². The van der Waals surface area contributed by atoms with Crippen LogP contribution >= 0.6 is 0 Å². The SMILES string of the molecule is C=CC1CN2CCC1C[C@H]2[C@@H](c1ccccc1OCOC)c1ccnc2ccc(OC)cc12. The van der Waals surface area contributed by atoms with Crippen molar-refractivity contribution in [2.24, 2.45) is 11.8 Å². The normalized spacial score (nSPS) is 25.0. The summed E-state index contributed by atoms with van der Waals surface area (Å²) < 4.78 is 16.9. The molecule has 5 nitrogen and oxygen atoms in total. The first kappa shape index (κ1) is 21.9. The Bertz CT molecular complexity index is 1130. The summed E-state index contributed by atoms with van der Waals surface area (Å²) in [6.45, 7) is 6.54. The van der Waals surface area contributed by atoms with E-state index in [-0.39, 0.29) is 12.7 Å². The van der Waals surface area contributed by atoms with Gasteiger partial charge in [-0.2, -0.15) is 0 Å². The second-order valence-electron chi connectivity index (χ2n) is 9.10. The van der Waals surface area contributed by atoms with Crippen LogP contribution in [0.25, 0.3) is 10.9 Å². The second kappa shape index (κ2) is 9.54. The highest BCUT2D eigenvalue weighted by atomic mass is 16.7. The fourth-order valence-corrected chi connectivity index (χ4v) is 5.84. The van der Waals surface area contributed by atoms with Gasteiger partial charge in [0.05, 0.1) is 12.6 Å². The molecule has 0 N–H and O–H groups in total. The van der Waals surface area contributed by atoms with Crippen LogP contribution < -0.4 is 9.47 Å². The molecule has 33 heavy (non-hydrogen) atoms. The summed E-state index contributed by atoms with van der Waals surface area (Å²) >= 11 is 0. The third kappa shape index (κ3) is 4.11. The van der Waals surface area contributed by atoms with Gasteiger partial charge in [-0.15, -0.1) is 6.58 Å². The van der Waals surface area contributed by atoms with Gasteiger partial charge in [0.2, 0.25) is 0 Å². The topological polar surface area (TPSA) is 43.8 Å². The molecule has 3 aromatic rings. The molecule has 172 valence electrons. The predicted molar refractivity (Wildman–Crippen MR) is 131 cm³/mol. The van der Waals surface area contributed by atoms with Gasteiger partial charge >= 0.3 is 0 Å². The van der Waals surface area contributed by atoms with Crippen molar-refractivity contribution in [2.75, 3.05) is 34.1 Å². The van der Waals surface area contributed by atoms with E-state index in [1.807, 2.05) is 30.5 Å². The lowest BCUT2D eigenvalue weighted by molar-refractivity contribution is 0.0107. The molecule has 0 saturated carbocycles. The number of aromatic nitrogens is 1. The zero-order valence-electron chi connectivity index (χ0n) is 19.4. The molecule has 1 aromatic heterocycles. The molecule has 3 aliphatic heterocycles. The van der Waals surface area contributed by atoms with Gasteiger partial charge in [-0.05, 0) is 67.1 Å². The quantitative estimate of drug-likeness (QED) is 0.351. The molecule has 3 unspecified atom stereocenters. The number of fused-ring (bicyclic) bond motifs is 4. The van der Waals surface area contributed by atoms with Gasteiger partial charge < -0.3 is 14.2 Å². The van der Waals surface area contributed by atoms with Crippen LogP contribution in [-0.4, -0.2) is 50.0 Å². The van der Waals surface area contributed by atoms with Crippen molar-refractivity contribution in [3.8, 4) is 11.5 Å². The Balaban J connectivity index is 1.67. The second-order valence-corrected chi connectivity index (χ2v) is 9.10. The number of pyridine rings is 1. The Morgan fingerprint density at radius 1 is 1.15 bits per heavy atom. The van der Waals surface area contributed by atoms with Crippen LogP contribution in [0.2, 0.25) is 0 Å². The predicted octanol–water partition coefficient (Wildman–Crippen LogP) is 5.25. The minimum Gasteiger partial charge on any atom is -0.497 e. The summed E-state index contributed by atoms with van der Waals surface area (Å²) in [6, 6.07) is 17.1. The van der Waals surface area contributed by atoms with Crippen molar-refractivity contribution in [3.05, 3.63) is 78.5 Å². The highest BCUT2D eigenvalue weighted by molar-refractivity contribution is 5.84. The van der Waals surface area contributed by atoms with Crippen LogP contribution in [0.1, 0.15) is 29.9 Å². The number of benzene rings is 2. The van der Waals surface area contributed by atoms with Crippen molar-refractivity contribution in [1.29, 1.82) is 0 Å². The largest absolute Gasteiger partial charge is 0.497 e. The van der Waals surface area contributed by atoms with E-state index in [9.17, 15) is 0 Å². The lowest BCUT2D eigenvalue weighted by atomic mass is 9.69. The molecule has 3 fully saturated rings. The van der Waals surface area contributed by atoms with Crippen LogP contribution in [-0.2, 0) is 4.74 Å². The average molecular weight is 445 g/mol. The zero-order valence-corrected chi connectivity index (χ0v) is 19.4. The number of rotatable bonds is 8. The highest BCUT2D eigenvalue weighted by Crippen LogP contribution is 2.47. The summed E-state index contributed by atoms with van der Waals surface area (Å²) in [5, 5.41) is 1.13. The van der Waals surface area contributed by atoms with E-state index < -0.39 is 0 Å². The number of nitrogens with zero attached hydrogens (tertiary/aromatic N) is 2. The van der Waals surface area contributed by atoms with E-state index in [2.05, 4.69) is 46.8 Å². The van der Waals surface area contributed by atoms with Gasteiger partial charge in [-0.25, -0.2) is 0 Å². The molecule has 6 rings (SSSR count). The van der Waals surface area contributed by atoms with Gasteiger partial charge in [-0.3, -0.25) is 9.88 Å². The van der Waals surface area contributed by atoms with Crippen molar-refractivity contribution >= 4 is 10.9 Å². The minimum absolute atomic E-state index is 0.143. The van der Waals surface area contributed by atoms with E-state index in [0.29, 0.717) is 17.9 Å². The van der Waals surface area contributed by atoms with E-state index in [1.54, 1.807) is 14.2 Å². The summed E-state index contributed by atoms with van der Waals surface area (Å²) in [6.07, 6.45) is 6.48. The highest BCUT2D eigenvalue weighted by Gasteiger charge is 2.43. The molecule has 2 bridgehead atoms. The van der Waals surface area contributed by atoms with Crippen molar-refractivity contribution in [1.82, 2.24) is 9.88 Å². The Labute approximate surface area is 196 Å². The molecule has 0 aliphatic carbocycles. The standard InChI is InChI=1S/C28H32N2O3/c1-4-19-17-30-14-12-20(19)15-26(30)28(23-7-5-6-8-27(23)33-18-31-2)22-11-13-29-25-10-9-21(32-3)16-24(22)25/h4-11,13,16,19-20,26,28H,1,12,14-15,17-18H2,2-3H3/t19?,20?,26-,28+/m0/s1. The molecular weight excluding hydrogens is 412 g/mol. The maximum atomic E-state index is 6.06. The third-order valence-electron chi connectivity index (χ3n) is 7.44. The molecule has 0 amide bonds. The first-order chi connectivity index (χ1) is 16.2. The van der Waals surface area contributed by atoms with E-state index in [1.165, 1.54) is 17.5 Å². The molecule has 4 heterocycles. The fourth-order valence-electron chi connectivity index (χ4n) is 5.84. The minimum atomic E-state index is 0.143. The fraction of sp³-hybridized carbons (Fsp3) is 0.393. The van der Waals surface area contributed by atoms with Crippen molar-refractivity contribution in [2.45, 2.75) is 24.8 Å². The van der Waals surface area contributed by atoms with Gasteiger partial charge in [-0.1, -0.05) is 24.3 Å². The van der Waals surface area contributed by atoms with Crippen LogP contribution in [0.3, 0.4) is 0 Å². The lowest BCUT2D eigenvalue weighted by Gasteiger charge is -2.52. The number of methoxy groups -OCH3 is 2.